The van der Waals surface area contributed by atoms with E-state index in [-0.39, 0.29) is 43.8 Å². The lowest BCUT2D eigenvalue weighted by molar-refractivity contribution is -0.327. The third-order valence-corrected chi connectivity index (χ3v) is 13.8. The molecule has 15 atom stereocenters. The number of carbonyl (C=O) groups is 2. The van der Waals surface area contributed by atoms with Crippen molar-refractivity contribution < 1.29 is 59.9 Å². The van der Waals surface area contributed by atoms with Crippen LogP contribution in [0.25, 0.3) is 0 Å². The molecule has 0 spiro atoms. The molecule has 0 radical (unpaired) electrons. The maximum atomic E-state index is 14.6. The summed E-state index contributed by atoms with van der Waals surface area (Å²) in [5, 5.41) is 86.2. The van der Waals surface area contributed by atoms with Crippen molar-refractivity contribution in [1.82, 2.24) is 0 Å². The molecule has 0 unspecified atom stereocenters. The van der Waals surface area contributed by atoms with E-state index in [0.717, 1.165) is 5.57 Å². The summed E-state index contributed by atoms with van der Waals surface area (Å²) in [4.78, 5) is 28.1. The molecule has 0 amide bonds. The fourth-order valence-corrected chi connectivity index (χ4v) is 11.0. The molecule has 4 aliphatic carbocycles. The van der Waals surface area contributed by atoms with Gasteiger partial charge in [0.15, 0.2) is 12.1 Å². The Balaban J connectivity index is 1.47. The topological polar surface area (TPSA) is 214 Å². The van der Waals surface area contributed by atoms with Gasteiger partial charge in [-0.1, -0.05) is 46.3 Å². The highest BCUT2D eigenvalue weighted by Crippen LogP contribution is 2.74. The second kappa shape index (κ2) is 12.1. The van der Waals surface area contributed by atoms with Crippen LogP contribution in [0.4, 0.5) is 0 Å². The summed E-state index contributed by atoms with van der Waals surface area (Å²) >= 11 is 0. The van der Waals surface area contributed by atoms with Crippen molar-refractivity contribution in [3.05, 3.63) is 11.6 Å². The smallest absolute Gasteiger partial charge is 0.187 e. The van der Waals surface area contributed by atoms with Crippen LogP contribution in [0.5, 0.6) is 0 Å². The minimum Gasteiger partial charge on any atom is -0.394 e. The molecule has 12 nitrogen and oxygen atoms in total. The molecule has 5 aliphatic rings. The lowest BCUT2D eigenvalue weighted by Crippen LogP contribution is -2.66. The van der Waals surface area contributed by atoms with Crippen LogP contribution < -0.4 is 0 Å². The third-order valence-electron chi connectivity index (χ3n) is 13.8. The summed E-state index contributed by atoms with van der Waals surface area (Å²) < 4.78 is 11.8. The Labute approximate surface area is 283 Å². The second-order valence-corrected chi connectivity index (χ2v) is 17.6. The number of ketones is 2. The average molecular weight is 683 g/mol. The third kappa shape index (κ3) is 5.48. The van der Waals surface area contributed by atoms with Crippen LogP contribution in [0.1, 0.15) is 93.9 Å². The quantitative estimate of drug-likeness (QED) is 0.167. The molecule has 1 heterocycles. The van der Waals surface area contributed by atoms with Gasteiger partial charge in [-0.3, -0.25) is 9.59 Å². The zero-order chi connectivity index (χ0) is 36.2. The highest BCUT2D eigenvalue weighted by molar-refractivity contribution is 5.90. The zero-order valence-electron chi connectivity index (χ0n) is 29.6. The fourth-order valence-electron chi connectivity index (χ4n) is 11.0. The van der Waals surface area contributed by atoms with Gasteiger partial charge < -0.3 is 50.3 Å². The van der Waals surface area contributed by atoms with Gasteiger partial charge in [-0.15, -0.1) is 0 Å². The normalized spacial score (nSPS) is 48.5. The van der Waals surface area contributed by atoms with E-state index >= 15 is 0 Å². The van der Waals surface area contributed by atoms with Gasteiger partial charge in [-0.25, -0.2) is 0 Å². The predicted molar refractivity (Wildman–Crippen MR) is 172 cm³/mol. The number of Topliss-reactive ketones (excluding diaryl/α,β-unsaturated/α-hetero) is 2. The van der Waals surface area contributed by atoms with E-state index < -0.39 is 106 Å². The first kappa shape index (κ1) is 37.9. The summed E-state index contributed by atoms with van der Waals surface area (Å²) in [6, 6.07) is 0. The number of hydrogen-bond donors (Lipinski definition) is 8. The molecule has 5 rings (SSSR count). The van der Waals surface area contributed by atoms with Crippen molar-refractivity contribution in [2.75, 3.05) is 6.61 Å². The van der Waals surface area contributed by atoms with Crippen LogP contribution in [0, 0.1) is 39.4 Å². The first-order valence-corrected chi connectivity index (χ1v) is 17.4. The van der Waals surface area contributed by atoms with Crippen LogP contribution >= 0.6 is 0 Å². The van der Waals surface area contributed by atoms with Crippen LogP contribution in [0.15, 0.2) is 11.6 Å². The van der Waals surface area contributed by atoms with E-state index in [4.69, 9.17) is 9.47 Å². The van der Waals surface area contributed by atoms with Gasteiger partial charge in [0, 0.05) is 29.6 Å². The van der Waals surface area contributed by atoms with Crippen LogP contribution in [-0.4, -0.2) is 119 Å². The van der Waals surface area contributed by atoms with Gasteiger partial charge in [-0.2, -0.15) is 0 Å². The van der Waals surface area contributed by atoms with Gasteiger partial charge in [0.1, 0.15) is 35.8 Å². The molecular weight excluding hydrogens is 624 g/mol. The average Bonchev–Trinajstić information content (AvgIpc) is 3.18. The maximum absolute atomic E-state index is 14.6. The molecule has 0 aromatic rings. The van der Waals surface area contributed by atoms with Crippen molar-refractivity contribution >= 4 is 11.6 Å². The molecule has 48 heavy (non-hydrogen) atoms. The number of aliphatic hydroxyl groups is 8. The Morgan fingerprint density at radius 1 is 0.958 bits per heavy atom. The number of ether oxygens (including phenoxy) is 2. The van der Waals surface area contributed by atoms with E-state index in [1.54, 1.807) is 13.8 Å². The summed E-state index contributed by atoms with van der Waals surface area (Å²) in [6.45, 7) is 13.7. The highest BCUT2D eigenvalue weighted by Gasteiger charge is 2.74. The Kier molecular flexibility index (Phi) is 9.59. The van der Waals surface area contributed by atoms with Gasteiger partial charge >= 0.3 is 0 Å². The summed E-state index contributed by atoms with van der Waals surface area (Å²) in [5.41, 5.74) is -5.54. The number of carbonyl (C=O) groups excluding carboxylic acids is 2. The molecule has 0 aromatic carbocycles. The van der Waals surface area contributed by atoms with Crippen molar-refractivity contribution in [1.29, 1.82) is 0 Å². The lowest BCUT2D eigenvalue weighted by Gasteiger charge is -2.65. The molecule has 3 saturated carbocycles. The number of allylic oxidation sites excluding steroid dienone is 1. The zero-order valence-corrected chi connectivity index (χ0v) is 29.6. The first-order chi connectivity index (χ1) is 21.9. The van der Waals surface area contributed by atoms with Crippen LogP contribution in [-0.2, 0) is 19.1 Å². The molecule has 1 aliphatic heterocycles. The molecule has 1 saturated heterocycles. The molecular formula is C36H58O12. The standard InChI is InChI=1S/C36H58O12/c1-31(2,45)12-11-23(40)36(8,46)28-20(39)14-33(5)22-10-9-17-18(35(22,7)24(41)15-34(28,33)6)13-19(38)29(32(17,3)4)48-30-27(44)26(43)25(42)21(16-37)47-30/h9,18-22,25-30,37-39,42-46H,10-16H2,1-8H3/t18-,19-,20+,21-,22+,25-,26+,27-,28+,29+,30+,33+,34-,35+,36+/m1/s1. The second-order valence-electron chi connectivity index (χ2n) is 17.6. The molecule has 12 heteroatoms. The number of fused-ring (bicyclic) bond motifs is 5. The molecule has 274 valence electrons. The molecule has 0 aromatic heterocycles. The number of rotatable bonds is 8. The molecule has 4 fully saturated rings. The van der Waals surface area contributed by atoms with E-state index in [0.29, 0.717) is 6.42 Å². The summed E-state index contributed by atoms with van der Waals surface area (Å²) in [7, 11) is 0. The van der Waals surface area contributed by atoms with Crippen molar-refractivity contribution in [3.8, 4) is 0 Å². The Bertz CT molecular complexity index is 1300. The fraction of sp³-hybridized carbons (Fsp3) is 0.889. The highest BCUT2D eigenvalue weighted by atomic mass is 16.7. The SMILES string of the molecule is CC(C)(O)CCC(=O)[C@](C)(O)[C@H]1[C@@H](O)C[C@@]2(C)[C@@H]3CC=C4[C@@H](C[C@@H](O)[C@H](O[C@@H]5O[C@H](CO)[C@@H](O)[C@H](O)[C@H]5O)C4(C)C)[C@]3(C)C(=O)C[C@]12C. The number of aliphatic hydroxyl groups excluding tert-OH is 6. The van der Waals surface area contributed by atoms with Gasteiger partial charge in [0.05, 0.1) is 30.5 Å². The Morgan fingerprint density at radius 2 is 1.58 bits per heavy atom. The van der Waals surface area contributed by atoms with Crippen molar-refractivity contribution in [2.24, 2.45) is 39.4 Å². The van der Waals surface area contributed by atoms with E-state index in [2.05, 4.69) is 13.0 Å². The van der Waals surface area contributed by atoms with E-state index in [1.165, 1.54) is 6.92 Å². The van der Waals surface area contributed by atoms with E-state index in [1.807, 2.05) is 27.7 Å². The summed E-state index contributed by atoms with van der Waals surface area (Å²) in [5.74, 6) is -2.12. The lowest BCUT2D eigenvalue weighted by atomic mass is 9.38. The van der Waals surface area contributed by atoms with Crippen LogP contribution in [0.3, 0.4) is 0 Å². The van der Waals surface area contributed by atoms with Gasteiger partial charge in [0.2, 0.25) is 0 Å². The summed E-state index contributed by atoms with van der Waals surface area (Å²) in [6.07, 6.45) is -7.43. The van der Waals surface area contributed by atoms with E-state index in [9.17, 15) is 50.4 Å². The molecule has 0 bridgehead atoms. The molecule has 8 N–H and O–H groups in total. The monoisotopic (exact) mass is 682 g/mol. The van der Waals surface area contributed by atoms with Gasteiger partial charge in [-0.05, 0) is 69.1 Å². The van der Waals surface area contributed by atoms with Gasteiger partial charge in [0.25, 0.3) is 0 Å². The number of hydrogen-bond acceptors (Lipinski definition) is 12. The minimum absolute atomic E-state index is 0.0260. The Hall–Kier alpha value is -1.32. The van der Waals surface area contributed by atoms with Crippen molar-refractivity contribution in [3.63, 3.8) is 0 Å². The van der Waals surface area contributed by atoms with Crippen molar-refractivity contribution in [2.45, 2.75) is 154 Å². The minimum atomic E-state index is -1.93. The predicted octanol–water partition coefficient (Wildman–Crippen LogP) is 0.769. The maximum Gasteiger partial charge on any atom is 0.187 e. The Morgan fingerprint density at radius 3 is 2.17 bits per heavy atom. The largest absolute Gasteiger partial charge is 0.394 e. The van der Waals surface area contributed by atoms with Crippen LogP contribution in [0.2, 0.25) is 0 Å². The first-order valence-electron chi connectivity index (χ1n) is 17.4.